The monoisotopic (exact) mass is 314 g/mol. The molecule has 10 nitrogen and oxygen atoms in total. The Bertz CT molecular complexity index is 266. The van der Waals surface area contributed by atoms with Crippen LogP contribution in [0, 0.1) is 0 Å². The fourth-order valence-electron chi connectivity index (χ4n) is 1.78. The van der Waals surface area contributed by atoms with E-state index in [1.165, 1.54) is 0 Å². The van der Waals surface area contributed by atoms with Gasteiger partial charge in [0.05, 0.1) is 26.4 Å². The molecule has 1 heterocycles. The zero-order chi connectivity index (χ0) is 15.8. The predicted octanol–water partition coefficient (Wildman–Crippen LogP) is -3.90. The maximum atomic E-state index is 9.46. The Balaban J connectivity index is 2.41. The lowest BCUT2D eigenvalue weighted by Gasteiger charge is -2.37. The van der Waals surface area contributed by atoms with Crippen molar-refractivity contribution in [3.63, 3.8) is 0 Å². The van der Waals surface area contributed by atoms with Gasteiger partial charge in [-0.25, -0.2) is 9.78 Å². The van der Waals surface area contributed by atoms with Crippen molar-refractivity contribution in [3.05, 3.63) is 0 Å². The number of hydrogen-bond donors (Lipinski definition) is 6. The van der Waals surface area contributed by atoms with Crippen molar-refractivity contribution in [2.75, 3.05) is 33.2 Å². The summed E-state index contributed by atoms with van der Waals surface area (Å²) >= 11 is 0. The minimum Gasteiger partial charge on any atom is -0.394 e. The highest BCUT2D eigenvalue weighted by Crippen LogP contribution is 2.22. The standard InChI is InChI=1S/C11H22O10/c12-1-6(16)10(7(17)2-13)19-5-18-8(3-14)11-9(4-15)20-21-11/h6-17H,1-5H2/t6-,7?,8?,9-,10?,11-/m1/s1. The van der Waals surface area contributed by atoms with Crippen LogP contribution in [0.2, 0.25) is 0 Å². The van der Waals surface area contributed by atoms with E-state index in [0.29, 0.717) is 0 Å². The average molecular weight is 314 g/mol. The molecule has 126 valence electrons. The molecule has 0 spiro atoms. The molecular weight excluding hydrogens is 292 g/mol. The molecule has 1 rings (SSSR count). The van der Waals surface area contributed by atoms with Crippen molar-refractivity contribution in [3.8, 4) is 0 Å². The molecule has 21 heavy (non-hydrogen) atoms. The van der Waals surface area contributed by atoms with E-state index in [-0.39, 0.29) is 6.61 Å². The molecule has 6 atom stereocenters. The second-order valence-electron chi connectivity index (χ2n) is 4.51. The van der Waals surface area contributed by atoms with Crippen LogP contribution in [0.5, 0.6) is 0 Å². The summed E-state index contributed by atoms with van der Waals surface area (Å²) in [6, 6.07) is 0. The van der Waals surface area contributed by atoms with Crippen LogP contribution in [0.1, 0.15) is 0 Å². The molecule has 0 bridgehead atoms. The molecule has 6 N–H and O–H groups in total. The second-order valence-corrected chi connectivity index (χ2v) is 4.51. The Kier molecular flexibility index (Phi) is 8.51. The third kappa shape index (κ3) is 5.07. The lowest BCUT2D eigenvalue weighted by molar-refractivity contribution is -0.484. The van der Waals surface area contributed by atoms with Gasteiger partial charge in [-0.05, 0) is 0 Å². The summed E-state index contributed by atoms with van der Waals surface area (Å²) in [4.78, 5) is 9.29. The summed E-state index contributed by atoms with van der Waals surface area (Å²) in [5, 5.41) is 54.7. The largest absolute Gasteiger partial charge is 0.394 e. The van der Waals surface area contributed by atoms with Crippen LogP contribution >= 0.6 is 0 Å². The molecule has 1 saturated heterocycles. The van der Waals surface area contributed by atoms with Crippen LogP contribution in [0.3, 0.4) is 0 Å². The molecular formula is C11H22O10. The number of aliphatic hydroxyl groups is 6. The molecule has 0 radical (unpaired) electrons. The Morgan fingerprint density at radius 2 is 1.48 bits per heavy atom. The summed E-state index contributed by atoms with van der Waals surface area (Å²) < 4.78 is 10.2. The van der Waals surface area contributed by atoms with Crippen LogP contribution in [-0.4, -0.2) is 100 Å². The third-order valence-electron chi connectivity index (χ3n) is 3.06. The second kappa shape index (κ2) is 9.58. The first kappa shape index (κ1) is 18.6. The van der Waals surface area contributed by atoms with Crippen molar-refractivity contribution >= 4 is 0 Å². The van der Waals surface area contributed by atoms with Gasteiger partial charge in [-0.2, -0.15) is 0 Å². The lowest BCUT2D eigenvalue weighted by atomic mass is 10.1. The van der Waals surface area contributed by atoms with Gasteiger partial charge in [0.1, 0.15) is 37.3 Å². The van der Waals surface area contributed by atoms with E-state index >= 15 is 0 Å². The van der Waals surface area contributed by atoms with Gasteiger partial charge in [-0.1, -0.05) is 0 Å². The third-order valence-corrected chi connectivity index (χ3v) is 3.06. The van der Waals surface area contributed by atoms with Crippen LogP contribution in [0.15, 0.2) is 0 Å². The van der Waals surface area contributed by atoms with E-state index < -0.39 is 63.2 Å². The number of hydrogen-bond acceptors (Lipinski definition) is 10. The van der Waals surface area contributed by atoms with Crippen LogP contribution < -0.4 is 0 Å². The SMILES string of the molecule is OCC(O)C(OCOC(CO)[C@H]1OO[C@@H]1CO)[C@H](O)CO. The van der Waals surface area contributed by atoms with Crippen LogP contribution in [0.25, 0.3) is 0 Å². The highest BCUT2D eigenvalue weighted by Gasteiger charge is 2.41. The molecule has 1 aliphatic rings. The molecule has 0 aromatic heterocycles. The number of rotatable bonds is 11. The molecule has 3 unspecified atom stereocenters. The predicted molar refractivity (Wildman–Crippen MR) is 64.7 cm³/mol. The minimum absolute atomic E-state index is 0.305. The van der Waals surface area contributed by atoms with Crippen LogP contribution in [0.4, 0.5) is 0 Å². The first-order valence-electron chi connectivity index (χ1n) is 6.43. The molecule has 0 saturated carbocycles. The molecule has 1 aliphatic heterocycles. The quantitative estimate of drug-likeness (QED) is 0.164. The Morgan fingerprint density at radius 1 is 0.857 bits per heavy atom. The Hall–Kier alpha value is -0.400. The van der Waals surface area contributed by atoms with Crippen molar-refractivity contribution < 1.29 is 49.9 Å². The topological polar surface area (TPSA) is 158 Å². The van der Waals surface area contributed by atoms with Gasteiger partial charge in [-0.15, -0.1) is 0 Å². The zero-order valence-electron chi connectivity index (χ0n) is 11.3. The normalized spacial score (nSPS) is 27.7. The van der Waals surface area contributed by atoms with Gasteiger partial charge < -0.3 is 40.1 Å². The maximum absolute atomic E-state index is 9.46. The fourth-order valence-corrected chi connectivity index (χ4v) is 1.78. The number of aliphatic hydroxyl groups excluding tert-OH is 6. The smallest absolute Gasteiger partial charge is 0.153 e. The first-order chi connectivity index (χ1) is 10.1. The average Bonchev–Trinajstić information content (AvgIpc) is 2.48. The van der Waals surface area contributed by atoms with Crippen molar-refractivity contribution in [1.82, 2.24) is 0 Å². The van der Waals surface area contributed by atoms with Gasteiger partial charge in [0.2, 0.25) is 0 Å². The van der Waals surface area contributed by atoms with Crippen molar-refractivity contribution in [1.29, 1.82) is 0 Å². The molecule has 0 amide bonds. The van der Waals surface area contributed by atoms with Crippen molar-refractivity contribution in [2.24, 2.45) is 0 Å². The first-order valence-corrected chi connectivity index (χ1v) is 6.43. The number of ether oxygens (including phenoxy) is 2. The lowest BCUT2D eigenvalue weighted by Crippen LogP contribution is -2.54. The van der Waals surface area contributed by atoms with E-state index in [0.717, 1.165) is 0 Å². The van der Waals surface area contributed by atoms with Gasteiger partial charge in [0.25, 0.3) is 0 Å². The van der Waals surface area contributed by atoms with Crippen molar-refractivity contribution in [2.45, 2.75) is 36.6 Å². The summed E-state index contributed by atoms with van der Waals surface area (Å²) in [5.74, 6) is 0. The molecule has 1 fully saturated rings. The maximum Gasteiger partial charge on any atom is 0.153 e. The van der Waals surface area contributed by atoms with E-state index in [1.807, 2.05) is 0 Å². The Labute approximate surface area is 121 Å². The van der Waals surface area contributed by atoms with Gasteiger partial charge in [0, 0.05) is 0 Å². The summed E-state index contributed by atoms with van der Waals surface area (Å²) in [6.07, 6.45) is -6.20. The van der Waals surface area contributed by atoms with E-state index in [2.05, 4.69) is 4.89 Å². The fraction of sp³-hybridized carbons (Fsp3) is 1.00. The summed E-state index contributed by atoms with van der Waals surface area (Å²) in [7, 11) is 0. The van der Waals surface area contributed by atoms with Gasteiger partial charge in [-0.3, -0.25) is 0 Å². The highest BCUT2D eigenvalue weighted by molar-refractivity contribution is 4.81. The molecule has 0 aliphatic carbocycles. The highest BCUT2D eigenvalue weighted by atomic mass is 17.3. The summed E-state index contributed by atoms with van der Waals surface area (Å²) in [5.41, 5.74) is 0. The van der Waals surface area contributed by atoms with E-state index in [4.69, 9.17) is 29.7 Å². The molecule has 0 aromatic rings. The van der Waals surface area contributed by atoms with Crippen LogP contribution in [-0.2, 0) is 19.2 Å². The summed E-state index contributed by atoms with van der Waals surface area (Å²) in [6.45, 7) is -2.51. The van der Waals surface area contributed by atoms with Gasteiger partial charge in [0.15, 0.2) is 6.10 Å². The van der Waals surface area contributed by atoms with Gasteiger partial charge >= 0.3 is 0 Å². The van der Waals surface area contributed by atoms with E-state index in [1.54, 1.807) is 0 Å². The molecule has 10 heteroatoms. The molecule has 0 aromatic carbocycles. The Morgan fingerprint density at radius 3 is 1.86 bits per heavy atom. The minimum atomic E-state index is -1.41. The van der Waals surface area contributed by atoms with E-state index in [9.17, 15) is 15.3 Å². The zero-order valence-corrected chi connectivity index (χ0v) is 11.3.